The van der Waals surface area contributed by atoms with Crippen LogP contribution >= 0.6 is 0 Å². The van der Waals surface area contributed by atoms with Gasteiger partial charge in [-0.1, -0.05) is 81.4 Å². The number of alkyl halides is 3. The van der Waals surface area contributed by atoms with Gasteiger partial charge in [0.2, 0.25) is 0 Å². The second-order valence-corrected chi connectivity index (χ2v) is 16.0. The lowest BCUT2D eigenvalue weighted by Gasteiger charge is -2.39. The van der Waals surface area contributed by atoms with Crippen LogP contribution in [0.5, 0.6) is 0 Å². The highest BCUT2D eigenvalue weighted by Crippen LogP contribution is 2.43. The quantitative estimate of drug-likeness (QED) is 0.167. The molecule has 0 spiro atoms. The van der Waals surface area contributed by atoms with E-state index in [2.05, 4.69) is 5.32 Å². The minimum Gasteiger partial charge on any atom is -0.464 e. The van der Waals surface area contributed by atoms with E-state index in [0.29, 0.717) is 5.56 Å². The van der Waals surface area contributed by atoms with Crippen molar-refractivity contribution in [1.82, 2.24) is 5.32 Å². The molecule has 13 heteroatoms. The Labute approximate surface area is 251 Å². The number of nitrogens with one attached hydrogen (secondary N) is 1. The van der Waals surface area contributed by atoms with Gasteiger partial charge >= 0.3 is 24.2 Å². The number of rotatable bonds is 13. The van der Waals surface area contributed by atoms with Crippen LogP contribution in [-0.4, -0.2) is 65.0 Å². The molecule has 0 saturated heterocycles. The van der Waals surface area contributed by atoms with Crippen molar-refractivity contribution in [3.05, 3.63) is 71.8 Å². The van der Waals surface area contributed by atoms with Gasteiger partial charge in [0.1, 0.15) is 6.61 Å². The number of hydrogen-bond acceptors (Lipinski definition) is 8. The zero-order valence-corrected chi connectivity index (χ0v) is 26.4. The normalized spacial score (nSPS) is 15.0. The van der Waals surface area contributed by atoms with Crippen LogP contribution in [0.25, 0.3) is 0 Å². The van der Waals surface area contributed by atoms with Crippen molar-refractivity contribution in [2.75, 3.05) is 20.3 Å². The molecule has 43 heavy (non-hydrogen) atoms. The summed E-state index contributed by atoms with van der Waals surface area (Å²) in [4.78, 5) is 39.5. The van der Waals surface area contributed by atoms with E-state index in [1.54, 1.807) is 30.3 Å². The van der Waals surface area contributed by atoms with Crippen molar-refractivity contribution in [2.45, 2.75) is 76.4 Å². The van der Waals surface area contributed by atoms with Crippen LogP contribution in [0.1, 0.15) is 38.8 Å². The first-order valence-corrected chi connectivity index (χ1v) is 16.6. The molecule has 0 unspecified atom stereocenters. The summed E-state index contributed by atoms with van der Waals surface area (Å²) in [7, 11) is -1.89. The Hall–Kier alpha value is -3.42. The summed E-state index contributed by atoms with van der Waals surface area (Å²) in [6.45, 7) is 10.2. The maximum Gasteiger partial charge on any atom is 0.432 e. The average molecular weight is 628 g/mol. The highest BCUT2D eigenvalue weighted by Gasteiger charge is 2.64. The van der Waals surface area contributed by atoms with Crippen LogP contribution in [0.2, 0.25) is 18.1 Å². The first kappa shape index (κ1) is 35.8. The van der Waals surface area contributed by atoms with Gasteiger partial charge < -0.3 is 28.7 Å². The Bertz CT molecular complexity index is 1210. The smallest absolute Gasteiger partial charge is 0.432 e. The molecule has 0 radical (unpaired) electrons. The van der Waals surface area contributed by atoms with Gasteiger partial charge in [0, 0.05) is 12.7 Å². The molecule has 0 heterocycles. The lowest BCUT2D eigenvalue weighted by molar-refractivity contribution is -0.279. The fourth-order valence-corrected chi connectivity index (χ4v) is 4.75. The molecule has 0 aromatic heterocycles. The summed E-state index contributed by atoms with van der Waals surface area (Å²) in [5.74, 6) is -2.92. The standard InChI is InChI=1S/C30H40F3NO8Si/c1-8-39-25(35)24(34-27(37)40-19-21-15-11-9-12-16-21)23(20-41-43(6,7)28(2,3)4)42-26(36)29(38-5,30(31,32)33)22-17-13-10-14-18-22/h9-18,23-24H,8,19-20H2,1-7H3,(H,34,37)/t23-,24+,29+/m1/s1. The number of carbonyl (C=O) groups is 3. The minimum atomic E-state index is -5.27. The number of esters is 2. The molecule has 1 amide bonds. The number of carbonyl (C=O) groups excluding carboxylic acids is 3. The molecule has 2 aromatic rings. The Morgan fingerprint density at radius 2 is 1.47 bits per heavy atom. The Morgan fingerprint density at radius 1 is 0.907 bits per heavy atom. The summed E-state index contributed by atoms with van der Waals surface area (Å²) in [6, 6.07) is 13.1. The molecule has 2 rings (SSSR count). The van der Waals surface area contributed by atoms with Gasteiger partial charge in [-0.25, -0.2) is 14.4 Å². The number of methoxy groups -OCH3 is 1. The van der Waals surface area contributed by atoms with E-state index >= 15 is 0 Å². The van der Waals surface area contributed by atoms with E-state index in [1.807, 2.05) is 33.9 Å². The van der Waals surface area contributed by atoms with Gasteiger partial charge in [0.25, 0.3) is 5.60 Å². The van der Waals surface area contributed by atoms with Gasteiger partial charge in [0.05, 0.1) is 13.2 Å². The fraction of sp³-hybridized carbons (Fsp3) is 0.500. The van der Waals surface area contributed by atoms with Gasteiger partial charge in [-0.05, 0) is 30.6 Å². The van der Waals surface area contributed by atoms with Crippen molar-refractivity contribution in [3.63, 3.8) is 0 Å². The van der Waals surface area contributed by atoms with Crippen LogP contribution in [0.15, 0.2) is 60.7 Å². The Kier molecular flexibility index (Phi) is 12.3. The summed E-state index contributed by atoms with van der Waals surface area (Å²) >= 11 is 0. The van der Waals surface area contributed by atoms with Crippen LogP contribution in [0, 0.1) is 0 Å². The number of halogens is 3. The van der Waals surface area contributed by atoms with E-state index in [4.69, 9.17) is 23.4 Å². The molecule has 0 aliphatic carbocycles. The maximum absolute atomic E-state index is 14.6. The minimum absolute atomic E-state index is 0.131. The maximum atomic E-state index is 14.6. The van der Waals surface area contributed by atoms with Crippen LogP contribution < -0.4 is 5.32 Å². The second-order valence-electron chi connectivity index (χ2n) is 11.2. The van der Waals surface area contributed by atoms with Crippen molar-refractivity contribution in [1.29, 1.82) is 0 Å². The van der Waals surface area contributed by atoms with Crippen molar-refractivity contribution >= 4 is 26.3 Å². The number of hydrogen-bond donors (Lipinski definition) is 1. The Morgan fingerprint density at radius 3 is 1.95 bits per heavy atom. The van der Waals surface area contributed by atoms with Crippen molar-refractivity contribution < 1.29 is 50.9 Å². The molecular weight excluding hydrogens is 587 g/mol. The molecule has 0 aliphatic heterocycles. The van der Waals surface area contributed by atoms with Crippen molar-refractivity contribution in [3.8, 4) is 0 Å². The molecule has 0 fully saturated rings. The third-order valence-corrected chi connectivity index (χ3v) is 11.7. The lowest BCUT2D eigenvalue weighted by Crippen LogP contribution is -2.58. The van der Waals surface area contributed by atoms with Crippen molar-refractivity contribution in [2.24, 2.45) is 0 Å². The number of amides is 1. The zero-order valence-electron chi connectivity index (χ0n) is 25.4. The van der Waals surface area contributed by atoms with E-state index < -0.39 is 62.4 Å². The van der Waals surface area contributed by atoms with Gasteiger partial charge in [-0.2, -0.15) is 13.2 Å². The summed E-state index contributed by atoms with van der Waals surface area (Å²) < 4.78 is 70.6. The largest absolute Gasteiger partial charge is 0.464 e. The predicted octanol–water partition coefficient (Wildman–Crippen LogP) is 5.88. The van der Waals surface area contributed by atoms with E-state index in [9.17, 15) is 27.6 Å². The van der Waals surface area contributed by atoms with E-state index in [1.165, 1.54) is 25.1 Å². The Balaban J connectivity index is 2.51. The summed E-state index contributed by atoms with van der Waals surface area (Å²) in [5, 5.41) is 1.95. The SMILES string of the molecule is CCOC(=O)[C@@H](NC(=O)OCc1ccccc1)[C@@H](CO[Si](C)(C)C(C)(C)C)OC(=O)[C@@](OC)(c1ccccc1)C(F)(F)F. The fourth-order valence-electron chi connectivity index (χ4n) is 3.74. The monoisotopic (exact) mass is 627 g/mol. The molecule has 0 saturated carbocycles. The zero-order chi connectivity index (χ0) is 32.5. The van der Waals surface area contributed by atoms with Crippen LogP contribution in [0.3, 0.4) is 0 Å². The number of alkyl carbamates (subject to hydrolysis) is 1. The first-order valence-electron chi connectivity index (χ1n) is 13.7. The molecule has 0 bridgehead atoms. The summed E-state index contributed by atoms with van der Waals surface area (Å²) in [6.07, 6.45) is -8.12. The molecule has 1 N–H and O–H groups in total. The van der Waals surface area contributed by atoms with Gasteiger partial charge in [0.15, 0.2) is 20.5 Å². The highest BCUT2D eigenvalue weighted by atomic mass is 28.4. The third kappa shape index (κ3) is 9.04. The molecule has 9 nitrogen and oxygen atoms in total. The predicted molar refractivity (Wildman–Crippen MR) is 154 cm³/mol. The summed E-state index contributed by atoms with van der Waals surface area (Å²) in [5.41, 5.74) is -3.44. The van der Waals surface area contributed by atoms with Crippen LogP contribution in [0.4, 0.5) is 18.0 Å². The van der Waals surface area contributed by atoms with Gasteiger partial charge in [-0.3, -0.25) is 0 Å². The topological polar surface area (TPSA) is 109 Å². The van der Waals surface area contributed by atoms with E-state index in [-0.39, 0.29) is 18.3 Å². The number of ether oxygens (including phenoxy) is 4. The molecule has 3 atom stereocenters. The third-order valence-electron chi connectivity index (χ3n) is 7.24. The highest BCUT2D eigenvalue weighted by molar-refractivity contribution is 6.74. The van der Waals surface area contributed by atoms with Crippen LogP contribution in [-0.2, 0) is 45.2 Å². The molecule has 0 aliphatic rings. The molecule has 238 valence electrons. The molecule has 2 aromatic carbocycles. The van der Waals surface area contributed by atoms with Gasteiger partial charge in [-0.15, -0.1) is 0 Å². The molecular formula is C30H40F3NO8Si. The lowest BCUT2D eigenvalue weighted by atomic mass is 9.92. The first-order chi connectivity index (χ1) is 20.0. The number of benzene rings is 2. The average Bonchev–Trinajstić information content (AvgIpc) is 2.93. The van der Waals surface area contributed by atoms with E-state index in [0.717, 1.165) is 19.2 Å². The second kappa shape index (κ2) is 14.8.